The third-order valence-electron chi connectivity index (χ3n) is 6.33. The minimum absolute atomic E-state index is 0.0709. The lowest BCUT2D eigenvalue weighted by Gasteiger charge is -2.29. The number of rotatable bonds is 8. The lowest BCUT2D eigenvalue weighted by Crippen LogP contribution is -2.30. The standard InChI is InChI=1S/C28H28N6O3S/c1-18-9-12-24(30-16-18)33-14-6-8-22(33)27-26(20-7-4-5-13-29-20)32-28(38)34(27)19-10-11-23(37-3)21(15-19)31-25(35)17-36-2/h4-16,26-27H,17H2,1-3H3,(H,31,35)(H,32,38)/t26-,27+/m0/s1. The first kappa shape index (κ1) is 25.4. The Morgan fingerprint density at radius 2 is 1.97 bits per heavy atom. The number of pyridine rings is 2. The summed E-state index contributed by atoms with van der Waals surface area (Å²) in [5.74, 6) is 1.05. The highest BCUT2D eigenvalue weighted by Crippen LogP contribution is 2.43. The van der Waals surface area contributed by atoms with Crippen molar-refractivity contribution < 1.29 is 14.3 Å². The molecular weight excluding hydrogens is 500 g/mol. The van der Waals surface area contributed by atoms with Crippen molar-refractivity contribution in [2.75, 3.05) is 31.0 Å². The zero-order valence-corrected chi connectivity index (χ0v) is 22.1. The van der Waals surface area contributed by atoms with Crippen LogP contribution >= 0.6 is 12.2 Å². The van der Waals surface area contributed by atoms with E-state index in [0.29, 0.717) is 16.5 Å². The molecule has 0 saturated carbocycles. The quantitative estimate of drug-likeness (QED) is 0.326. The van der Waals surface area contributed by atoms with Crippen molar-refractivity contribution in [3.05, 3.63) is 96.2 Å². The van der Waals surface area contributed by atoms with Gasteiger partial charge in [0, 0.05) is 37.1 Å². The molecule has 0 radical (unpaired) electrons. The summed E-state index contributed by atoms with van der Waals surface area (Å²) < 4.78 is 12.5. The minimum atomic E-state index is -0.285. The third kappa shape index (κ3) is 4.96. The SMILES string of the molecule is COCC(=O)Nc1cc(N2C(=S)N[C@@H](c3ccccn3)[C@H]2c2cccn2-c2ccc(C)cn2)ccc1OC. The van der Waals surface area contributed by atoms with Crippen LogP contribution in [0.2, 0.25) is 0 Å². The number of anilines is 2. The number of carbonyl (C=O) groups excluding carboxylic acids is 1. The molecule has 1 amide bonds. The third-order valence-corrected chi connectivity index (χ3v) is 6.65. The number of methoxy groups -OCH3 is 2. The Labute approximate surface area is 226 Å². The Kier molecular flexibility index (Phi) is 7.34. The summed E-state index contributed by atoms with van der Waals surface area (Å²) in [6.07, 6.45) is 5.62. The van der Waals surface area contributed by atoms with E-state index >= 15 is 0 Å². The van der Waals surface area contributed by atoms with Crippen molar-refractivity contribution in [2.24, 2.45) is 0 Å². The molecule has 0 aliphatic carbocycles. The molecule has 0 spiro atoms. The van der Waals surface area contributed by atoms with Crippen molar-refractivity contribution in [3.8, 4) is 11.6 Å². The molecule has 9 nitrogen and oxygen atoms in total. The van der Waals surface area contributed by atoms with Crippen LogP contribution in [0, 0.1) is 6.92 Å². The van der Waals surface area contributed by atoms with Gasteiger partial charge in [-0.3, -0.25) is 9.78 Å². The molecule has 2 N–H and O–H groups in total. The molecule has 1 aliphatic rings. The molecule has 3 aromatic heterocycles. The van der Waals surface area contributed by atoms with Gasteiger partial charge in [0.15, 0.2) is 5.11 Å². The second-order valence-corrected chi connectivity index (χ2v) is 9.25. The van der Waals surface area contributed by atoms with E-state index in [9.17, 15) is 4.79 Å². The fourth-order valence-corrected chi connectivity index (χ4v) is 4.99. The van der Waals surface area contributed by atoms with Gasteiger partial charge in [0.1, 0.15) is 24.2 Å². The van der Waals surface area contributed by atoms with Crippen molar-refractivity contribution in [2.45, 2.75) is 19.0 Å². The second-order valence-electron chi connectivity index (χ2n) is 8.86. The predicted octanol–water partition coefficient (Wildman–Crippen LogP) is 4.35. The molecule has 5 rings (SSSR count). The molecule has 1 saturated heterocycles. The summed E-state index contributed by atoms with van der Waals surface area (Å²) in [6, 6.07) is 19.0. The number of nitrogens with zero attached hydrogens (tertiary/aromatic N) is 4. The summed E-state index contributed by atoms with van der Waals surface area (Å²) >= 11 is 5.89. The Morgan fingerprint density at radius 3 is 2.68 bits per heavy atom. The van der Waals surface area contributed by atoms with Crippen molar-refractivity contribution in [1.29, 1.82) is 0 Å². The molecule has 1 aromatic carbocycles. The van der Waals surface area contributed by atoms with Gasteiger partial charge in [-0.2, -0.15) is 0 Å². The highest BCUT2D eigenvalue weighted by molar-refractivity contribution is 7.80. The van der Waals surface area contributed by atoms with Gasteiger partial charge in [-0.25, -0.2) is 4.98 Å². The number of hydrogen-bond donors (Lipinski definition) is 2. The lowest BCUT2D eigenvalue weighted by atomic mass is 10.0. The van der Waals surface area contributed by atoms with Crippen LogP contribution in [0.5, 0.6) is 5.75 Å². The maximum Gasteiger partial charge on any atom is 0.250 e. The maximum absolute atomic E-state index is 12.3. The molecule has 194 valence electrons. The van der Waals surface area contributed by atoms with E-state index in [4.69, 9.17) is 21.7 Å². The average molecular weight is 529 g/mol. The number of carbonyl (C=O) groups is 1. The zero-order chi connectivity index (χ0) is 26.6. The molecule has 38 heavy (non-hydrogen) atoms. The molecule has 1 aliphatic heterocycles. The first-order valence-electron chi connectivity index (χ1n) is 12.1. The first-order valence-corrected chi connectivity index (χ1v) is 12.5. The number of amides is 1. The first-order chi connectivity index (χ1) is 18.5. The van der Waals surface area contributed by atoms with E-state index < -0.39 is 0 Å². The molecule has 0 bridgehead atoms. The molecule has 4 heterocycles. The van der Waals surface area contributed by atoms with Gasteiger partial charge in [0.25, 0.3) is 0 Å². The summed E-state index contributed by atoms with van der Waals surface area (Å²) in [4.78, 5) is 23.7. The van der Waals surface area contributed by atoms with Crippen LogP contribution in [-0.4, -0.2) is 46.4 Å². The topological polar surface area (TPSA) is 93.5 Å². The molecule has 1 fully saturated rings. The highest BCUT2D eigenvalue weighted by atomic mass is 32.1. The zero-order valence-electron chi connectivity index (χ0n) is 21.3. The van der Waals surface area contributed by atoms with Crippen molar-refractivity contribution in [3.63, 3.8) is 0 Å². The number of aromatic nitrogens is 3. The summed E-state index contributed by atoms with van der Waals surface area (Å²) in [6.45, 7) is 1.94. The van der Waals surface area contributed by atoms with Gasteiger partial charge >= 0.3 is 0 Å². The predicted molar refractivity (Wildman–Crippen MR) is 150 cm³/mol. The number of thiocarbonyl (C=S) groups is 1. The van der Waals surface area contributed by atoms with Crippen LogP contribution in [0.3, 0.4) is 0 Å². The molecular formula is C28H28N6O3S. The Bertz CT molecular complexity index is 1440. The largest absolute Gasteiger partial charge is 0.495 e. The minimum Gasteiger partial charge on any atom is -0.495 e. The Hall–Kier alpha value is -4.28. The van der Waals surface area contributed by atoms with Crippen LogP contribution in [0.25, 0.3) is 5.82 Å². The van der Waals surface area contributed by atoms with E-state index in [1.54, 1.807) is 13.3 Å². The van der Waals surface area contributed by atoms with Gasteiger partial charge in [-0.05, 0) is 73.2 Å². The van der Waals surface area contributed by atoms with Crippen molar-refractivity contribution >= 4 is 34.6 Å². The van der Waals surface area contributed by atoms with Gasteiger partial charge < -0.3 is 29.6 Å². The normalized spacial score (nSPS) is 16.8. The van der Waals surface area contributed by atoms with Crippen molar-refractivity contribution in [1.82, 2.24) is 19.9 Å². The van der Waals surface area contributed by atoms with Gasteiger partial charge in [-0.1, -0.05) is 12.1 Å². The smallest absolute Gasteiger partial charge is 0.250 e. The van der Waals surface area contributed by atoms with E-state index in [2.05, 4.69) is 31.2 Å². The number of nitrogens with one attached hydrogen (secondary N) is 2. The number of benzene rings is 1. The summed E-state index contributed by atoms with van der Waals surface area (Å²) in [5, 5.41) is 6.88. The van der Waals surface area contributed by atoms with Crippen LogP contribution in [0.1, 0.15) is 29.0 Å². The highest BCUT2D eigenvalue weighted by Gasteiger charge is 2.42. The Balaban J connectivity index is 1.62. The Morgan fingerprint density at radius 1 is 1.11 bits per heavy atom. The fraction of sp³-hybridized carbons (Fsp3) is 0.214. The number of aryl methyl sites for hydroxylation is 1. The van der Waals surface area contributed by atoms with Gasteiger partial charge in [-0.15, -0.1) is 0 Å². The van der Waals surface area contributed by atoms with Gasteiger partial charge in [0.05, 0.1) is 24.5 Å². The van der Waals surface area contributed by atoms with Crippen LogP contribution < -0.4 is 20.3 Å². The number of hydrogen-bond acceptors (Lipinski definition) is 6. The molecule has 10 heteroatoms. The van der Waals surface area contributed by atoms with E-state index in [1.165, 1.54) is 7.11 Å². The van der Waals surface area contributed by atoms with E-state index in [1.807, 2.05) is 78.8 Å². The maximum atomic E-state index is 12.3. The monoisotopic (exact) mass is 528 g/mol. The summed E-state index contributed by atoms with van der Waals surface area (Å²) in [7, 11) is 3.03. The van der Waals surface area contributed by atoms with E-state index in [-0.39, 0.29) is 24.6 Å². The molecule has 2 atom stereocenters. The van der Waals surface area contributed by atoms with Crippen LogP contribution in [0.15, 0.2) is 79.3 Å². The van der Waals surface area contributed by atoms with Crippen LogP contribution in [0.4, 0.5) is 11.4 Å². The number of ether oxygens (including phenoxy) is 2. The van der Waals surface area contributed by atoms with E-state index in [0.717, 1.165) is 28.5 Å². The van der Waals surface area contributed by atoms with Gasteiger partial charge in [0.2, 0.25) is 5.91 Å². The fourth-order valence-electron chi connectivity index (χ4n) is 4.64. The lowest BCUT2D eigenvalue weighted by molar-refractivity contribution is -0.119. The second kappa shape index (κ2) is 11.0. The van der Waals surface area contributed by atoms with Crippen LogP contribution in [-0.2, 0) is 9.53 Å². The average Bonchev–Trinajstić information content (AvgIpc) is 3.54. The molecule has 0 unspecified atom stereocenters. The summed E-state index contributed by atoms with van der Waals surface area (Å²) in [5.41, 5.74) is 4.22. The molecule has 4 aromatic rings.